The maximum Gasteiger partial charge on any atom is 0.293 e. The van der Waals surface area contributed by atoms with Crippen LogP contribution in [0.1, 0.15) is 18.9 Å². The van der Waals surface area contributed by atoms with E-state index in [-0.39, 0.29) is 23.1 Å². The largest absolute Gasteiger partial charge is 0.506 e. The maximum atomic E-state index is 12.6. The number of hydrogen-bond donors (Lipinski definition) is 2. The van der Waals surface area contributed by atoms with Crippen molar-refractivity contribution < 1.29 is 19.5 Å². The Morgan fingerprint density at radius 1 is 1.15 bits per heavy atom. The first-order valence-electron chi connectivity index (χ1n) is 8.21. The molecular formula is C19H18N2O4S. The molecule has 1 aliphatic heterocycles. The van der Waals surface area contributed by atoms with Crippen LogP contribution >= 0.6 is 11.8 Å². The number of benzene rings is 2. The van der Waals surface area contributed by atoms with Gasteiger partial charge >= 0.3 is 0 Å². The summed E-state index contributed by atoms with van der Waals surface area (Å²) in [5.41, 5.74) is 1.89. The molecule has 2 aromatic rings. The summed E-state index contributed by atoms with van der Waals surface area (Å²) in [5.74, 6) is -0.898. The van der Waals surface area contributed by atoms with Crippen molar-refractivity contribution in [3.63, 3.8) is 0 Å². The monoisotopic (exact) mass is 370 g/mol. The van der Waals surface area contributed by atoms with Crippen molar-refractivity contribution in [3.8, 4) is 5.75 Å². The second-order valence-corrected chi connectivity index (χ2v) is 6.99. The number of thioether (sulfide) groups is 1. The molecule has 2 N–H and O–H groups in total. The van der Waals surface area contributed by atoms with E-state index >= 15 is 0 Å². The number of nitrogens with one attached hydrogen (secondary N) is 1. The Morgan fingerprint density at radius 3 is 2.50 bits per heavy atom. The fourth-order valence-corrected chi connectivity index (χ4v) is 3.64. The van der Waals surface area contributed by atoms with Gasteiger partial charge in [0.2, 0.25) is 11.8 Å². The van der Waals surface area contributed by atoms with Crippen LogP contribution in [-0.4, -0.2) is 27.4 Å². The van der Waals surface area contributed by atoms with Crippen LogP contribution in [0.15, 0.2) is 48.5 Å². The van der Waals surface area contributed by atoms with E-state index < -0.39 is 17.1 Å². The number of phenolic OH excluding ortho intramolecular Hbond substituents is 1. The van der Waals surface area contributed by atoms with Gasteiger partial charge in [-0.05, 0) is 48.0 Å². The van der Waals surface area contributed by atoms with E-state index in [9.17, 15) is 19.5 Å². The molecule has 7 heteroatoms. The number of phenols is 1. The fourth-order valence-electron chi connectivity index (χ4n) is 2.65. The topological polar surface area (TPSA) is 86.7 Å². The standard InChI is InChI=1S/C19H18N2O4S/c1-2-12-7-9-13(10-8-12)21-18(24)16(26-19(21)25)11-17(23)20-14-5-3-4-6-15(14)22/h3-10,16,22H,2,11H2,1H3,(H,20,23). The van der Waals surface area contributed by atoms with Gasteiger partial charge in [-0.25, -0.2) is 4.90 Å². The van der Waals surface area contributed by atoms with Crippen LogP contribution in [0, 0.1) is 0 Å². The molecule has 134 valence electrons. The molecule has 26 heavy (non-hydrogen) atoms. The van der Waals surface area contributed by atoms with Crippen molar-refractivity contribution in [3.05, 3.63) is 54.1 Å². The Balaban J connectivity index is 1.68. The first kappa shape index (κ1) is 18.0. The molecule has 0 spiro atoms. The molecule has 0 radical (unpaired) electrons. The Bertz CT molecular complexity index is 851. The molecule has 1 fully saturated rings. The number of anilines is 2. The molecule has 3 amide bonds. The summed E-state index contributed by atoms with van der Waals surface area (Å²) in [5, 5.41) is 11.1. The van der Waals surface area contributed by atoms with Crippen LogP contribution in [0.25, 0.3) is 0 Å². The summed E-state index contributed by atoms with van der Waals surface area (Å²) in [6.07, 6.45) is 0.721. The third-order valence-corrected chi connectivity index (χ3v) is 5.11. The number of rotatable bonds is 5. The van der Waals surface area contributed by atoms with Crippen molar-refractivity contribution in [2.24, 2.45) is 0 Å². The van der Waals surface area contributed by atoms with E-state index in [4.69, 9.17) is 0 Å². The Kier molecular flexibility index (Phi) is 5.27. The highest BCUT2D eigenvalue weighted by Gasteiger charge is 2.41. The lowest BCUT2D eigenvalue weighted by Gasteiger charge is -2.14. The highest BCUT2D eigenvalue weighted by molar-refractivity contribution is 8.15. The lowest BCUT2D eigenvalue weighted by Crippen LogP contribution is -2.32. The average Bonchev–Trinajstić information content (AvgIpc) is 2.90. The smallest absolute Gasteiger partial charge is 0.293 e. The van der Waals surface area contributed by atoms with Crippen molar-refractivity contribution in [2.75, 3.05) is 10.2 Å². The van der Waals surface area contributed by atoms with E-state index in [0.29, 0.717) is 5.69 Å². The van der Waals surface area contributed by atoms with Gasteiger partial charge in [0, 0.05) is 6.42 Å². The Labute approximate surface area is 155 Å². The molecule has 0 aliphatic carbocycles. The van der Waals surface area contributed by atoms with Crippen molar-refractivity contribution in [2.45, 2.75) is 25.0 Å². The van der Waals surface area contributed by atoms with Crippen LogP contribution in [0.5, 0.6) is 5.75 Å². The van der Waals surface area contributed by atoms with Gasteiger partial charge in [-0.2, -0.15) is 0 Å². The molecule has 1 aliphatic rings. The second-order valence-electron chi connectivity index (χ2n) is 5.84. The Morgan fingerprint density at radius 2 is 1.85 bits per heavy atom. The average molecular weight is 370 g/mol. The van der Waals surface area contributed by atoms with E-state index in [1.165, 1.54) is 6.07 Å². The summed E-state index contributed by atoms with van der Waals surface area (Å²) >= 11 is 0.844. The minimum atomic E-state index is -0.779. The number of amides is 3. The van der Waals surface area contributed by atoms with Crippen LogP contribution in [0.3, 0.4) is 0 Å². The summed E-state index contributed by atoms with van der Waals surface area (Å²) in [7, 11) is 0. The molecule has 3 rings (SSSR count). The fraction of sp³-hybridized carbons (Fsp3) is 0.211. The number of para-hydroxylation sites is 2. The Hall–Kier alpha value is -2.80. The number of hydrogen-bond acceptors (Lipinski definition) is 5. The molecule has 1 saturated heterocycles. The van der Waals surface area contributed by atoms with E-state index in [0.717, 1.165) is 28.6 Å². The zero-order chi connectivity index (χ0) is 18.7. The molecule has 0 bridgehead atoms. The summed E-state index contributed by atoms with van der Waals surface area (Å²) in [4.78, 5) is 38.1. The van der Waals surface area contributed by atoms with Crippen molar-refractivity contribution >= 4 is 40.2 Å². The van der Waals surface area contributed by atoms with Gasteiger partial charge < -0.3 is 10.4 Å². The van der Waals surface area contributed by atoms with Gasteiger partial charge in [0.15, 0.2) is 0 Å². The molecule has 1 atom stereocenters. The van der Waals surface area contributed by atoms with Crippen LogP contribution in [0.4, 0.5) is 16.2 Å². The van der Waals surface area contributed by atoms with Crippen molar-refractivity contribution in [1.82, 2.24) is 0 Å². The number of carbonyl (C=O) groups is 3. The third kappa shape index (κ3) is 3.72. The minimum Gasteiger partial charge on any atom is -0.506 e. The zero-order valence-electron chi connectivity index (χ0n) is 14.1. The molecule has 1 unspecified atom stereocenters. The number of carbonyl (C=O) groups excluding carboxylic acids is 3. The highest BCUT2D eigenvalue weighted by Crippen LogP contribution is 2.34. The van der Waals surface area contributed by atoms with Gasteiger partial charge in [0.1, 0.15) is 11.0 Å². The van der Waals surface area contributed by atoms with Crippen LogP contribution in [0.2, 0.25) is 0 Å². The zero-order valence-corrected chi connectivity index (χ0v) is 15.0. The van der Waals surface area contributed by atoms with Gasteiger partial charge in [-0.15, -0.1) is 0 Å². The predicted molar refractivity (Wildman–Crippen MR) is 101 cm³/mol. The van der Waals surface area contributed by atoms with Crippen LogP contribution < -0.4 is 10.2 Å². The highest BCUT2D eigenvalue weighted by atomic mass is 32.2. The van der Waals surface area contributed by atoms with Crippen molar-refractivity contribution in [1.29, 1.82) is 0 Å². The number of aromatic hydroxyl groups is 1. The molecular weight excluding hydrogens is 352 g/mol. The summed E-state index contributed by atoms with van der Waals surface area (Å²) < 4.78 is 0. The van der Waals surface area contributed by atoms with Gasteiger partial charge in [-0.1, -0.05) is 31.2 Å². The lowest BCUT2D eigenvalue weighted by molar-refractivity contribution is -0.121. The number of aryl methyl sites for hydroxylation is 1. The SMILES string of the molecule is CCc1ccc(N2C(=O)SC(CC(=O)Nc3ccccc3O)C2=O)cc1. The molecule has 2 aromatic carbocycles. The predicted octanol–water partition coefficient (Wildman–Crippen LogP) is 3.55. The van der Waals surface area contributed by atoms with E-state index in [1.807, 2.05) is 19.1 Å². The summed E-state index contributed by atoms with van der Waals surface area (Å²) in [6, 6.07) is 13.6. The maximum absolute atomic E-state index is 12.6. The van der Waals surface area contributed by atoms with E-state index in [1.54, 1.807) is 30.3 Å². The number of nitrogens with zero attached hydrogens (tertiary/aromatic N) is 1. The molecule has 0 saturated carbocycles. The molecule has 6 nitrogen and oxygen atoms in total. The second kappa shape index (κ2) is 7.61. The lowest BCUT2D eigenvalue weighted by atomic mass is 10.1. The normalized spacial score (nSPS) is 16.8. The van der Waals surface area contributed by atoms with Gasteiger partial charge in [0.05, 0.1) is 11.4 Å². The van der Waals surface area contributed by atoms with Crippen LogP contribution in [-0.2, 0) is 16.0 Å². The first-order chi connectivity index (χ1) is 12.5. The number of imide groups is 1. The van der Waals surface area contributed by atoms with Gasteiger partial charge in [0.25, 0.3) is 5.24 Å². The first-order valence-corrected chi connectivity index (χ1v) is 9.09. The third-order valence-electron chi connectivity index (χ3n) is 4.07. The quantitative estimate of drug-likeness (QED) is 0.786. The minimum absolute atomic E-state index is 0.0556. The van der Waals surface area contributed by atoms with Gasteiger partial charge in [-0.3, -0.25) is 14.4 Å². The molecule has 1 heterocycles. The summed E-state index contributed by atoms with van der Waals surface area (Å²) in [6.45, 7) is 2.02. The molecule has 0 aromatic heterocycles. The van der Waals surface area contributed by atoms with E-state index in [2.05, 4.69) is 5.32 Å².